The molecule has 0 N–H and O–H groups in total. The SMILES string of the molecule is CC(C)OC(=S)SSCC(C)(C)C(SSC(=S)OC(C)C)(SSC(=S)OC(C)C)SSC(=S)OC(C)C. The molecule has 0 unspecified atom stereocenters. The first-order valence-electron chi connectivity index (χ1n) is 11.2. The zero-order valence-corrected chi connectivity index (χ0v) is 32.3. The standard InChI is InChI=1S/C21H36O4S12/c1-12(2)22-16(26)31-30-11-20(9,10)21(35-32-17(27)23-13(3)4,36-33-18(28)24-14(5)6)37-34-19(29)25-15(7)8/h12-15H,11H2,1-10H3. The lowest BCUT2D eigenvalue weighted by atomic mass is 9.99. The summed E-state index contributed by atoms with van der Waals surface area (Å²) < 4.78 is 24.4. The van der Waals surface area contributed by atoms with Gasteiger partial charge in [0, 0.05) is 11.2 Å². The summed E-state index contributed by atoms with van der Waals surface area (Å²) in [5.74, 6) is 0.765. The van der Waals surface area contributed by atoms with Crippen LogP contribution in [0.2, 0.25) is 0 Å². The topological polar surface area (TPSA) is 36.9 Å². The van der Waals surface area contributed by atoms with Gasteiger partial charge < -0.3 is 18.9 Å². The molecule has 0 aromatic rings. The third-order valence-corrected chi connectivity index (χ3v) is 19.4. The van der Waals surface area contributed by atoms with Crippen molar-refractivity contribution in [3.8, 4) is 0 Å². The fourth-order valence-electron chi connectivity index (χ4n) is 1.81. The minimum Gasteiger partial charge on any atom is -0.475 e. The highest BCUT2D eigenvalue weighted by molar-refractivity contribution is 8.99. The van der Waals surface area contributed by atoms with Gasteiger partial charge in [0.1, 0.15) is 3.41 Å². The van der Waals surface area contributed by atoms with Crippen molar-refractivity contribution in [3.05, 3.63) is 0 Å². The van der Waals surface area contributed by atoms with Gasteiger partial charge in [0.2, 0.25) is 17.5 Å². The van der Waals surface area contributed by atoms with Crippen LogP contribution in [0.1, 0.15) is 69.2 Å². The number of thiocarbonyl (C=S) groups is 4. The molecule has 0 aromatic carbocycles. The van der Waals surface area contributed by atoms with Gasteiger partial charge in [0.05, 0.1) is 24.4 Å². The first-order valence-corrected chi connectivity index (χ1v) is 21.6. The van der Waals surface area contributed by atoms with Crippen LogP contribution in [-0.4, -0.2) is 51.1 Å². The second-order valence-electron chi connectivity index (χ2n) is 8.95. The largest absolute Gasteiger partial charge is 0.475 e. The predicted molar refractivity (Wildman–Crippen MR) is 197 cm³/mol. The maximum Gasteiger partial charge on any atom is 0.231 e. The van der Waals surface area contributed by atoms with E-state index in [-0.39, 0.29) is 29.8 Å². The third-order valence-electron chi connectivity index (χ3n) is 3.36. The van der Waals surface area contributed by atoms with Crippen molar-refractivity contribution in [1.29, 1.82) is 0 Å². The average Bonchev–Trinajstić information content (AvgIpc) is 2.70. The lowest BCUT2D eigenvalue weighted by Gasteiger charge is -2.43. The molecule has 0 saturated heterocycles. The highest BCUT2D eigenvalue weighted by Crippen LogP contribution is 2.68. The van der Waals surface area contributed by atoms with Crippen LogP contribution in [0, 0.1) is 5.41 Å². The van der Waals surface area contributed by atoms with Crippen molar-refractivity contribution in [2.75, 3.05) is 5.75 Å². The minimum atomic E-state index is -0.500. The van der Waals surface area contributed by atoms with E-state index in [9.17, 15) is 0 Å². The Hall–Kier alpha value is 2.36. The molecule has 4 nitrogen and oxygen atoms in total. The molecule has 0 heterocycles. The number of hydrogen-bond acceptors (Lipinski definition) is 16. The summed E-state index contributed by atoms with van der Waals surface area (Å²) in [6, 6.07) is 0. The van der Waals surface area contributed by atoms with E-state index < -0.39 is 3.41 Å². The number of rotatable bonds is 14. The van der Waals surface area contributed by atoms with Crippen LogP contribution in [0.5, 0.6) is 0 Å². The van der Waals surface area contributed by atoms with Crippen molar-refractivity contribution in [1.82, 2.24) is 0 Å². The summed E-state index contributed by atoms with van der Waals surface area (Å²) in [7, 11) is 12.4. The molecule has 0 aromatic heterocycles. The molecule has 0 bridgehead atoms. The van der Waals surface area contributed by atoms with Gasteiger partial charge in [-0.05, 0) is 147 Å². The Kier molecular flexibility index (Phi) is 21.6. The summed E-state index contributed by atoms with van der Waals surface area (Å²) in [6.45, 7) is 20.1. The van der Waals surface area contributed by atoms with E-state index in [4.69, 9.17) is 67.8 Å². The van der Waals surface area contributed by atoms with Crippen LogP contribution >= 0.6 is 135 Å². The minimum absolute atomic E-state index is 0.0000284. The Bertz CT molecular complexity index is 678. The lowest BCUT2D eigenvalue weighted by molar-refractivity contribution is 0.243. The van der Waals surface area contributed by atoms with Gasteiger partial charge in [-0.3, -0.25) is 0 Å². The third kappa shape index (κ3) is 18.5. The summed E-state index contributed by atoms with van der Waals surface area (Å²) in [4.78, 5) is 0. The van der Waals surface area contributed by atoms with Crippen LogP contribution in [0.25, 0.3) is 0 Å². The molecule has 0 rings (SSSR count). The second kappa shape index (κ2) is 20.3. The monoisotopic (exact) mass is 736 g/mol. The summed E-state index contributed by atoms with van der Waals surface area (Å²) in [6.07, 6.45) is 0.0459. The number of ether oxygens (including phenoxy) is 4. The van der Waals surface area contributed by atoms with Crippen LogP contribution in [0.4, 0.5) is 0 Å². The Morgan fingerprint density at radius 1 is 0.541 bits per heavy atom. The van der Waals surface area contributed by atoms with Gasteiger partial charge in [-0.1, -0.05) is 57.0 Å². The fraction of sp³-hybridized carbons (Fsp3) is 0.810. The zero-order valence-electron chi connectivity index (χ0n) is 22.5. The van der Waals surface area contributed by atoms with Crippen molar-refractivity contribution in [2.45, 2.75) is 97.1 Å². The van der Waals surface area contributed by atoms with Gasteiger partial charge >= 0.3 is 0 Å². The number of hydrogen-bond donors (Lipinski definition) is 0. The molecule has 0 atom stereocenters. The zero-order chi connectivity index (χ0) is 28.8. The molecular formula is C21H36O4S12. The van der Waals surface area contributed by atoms with Gasteiger partial charge in [-0.25, -0.2) is 0 Å². The van der Waals surface area contributed by atoms with Gasteiger partial charge in [-0.2, -0.15) is 0 Å². The quantitative estimate of drug-likeness (QED) is 0.0963. The van der Waals surface area contributed by atoms with Crippen LogP contribution < -0.4 is 0 Å². The fourth-order valence-corrected chi connectivity index (χ4v) is 17.8. The maximum atomic E-state index is 5.76. The summed E-state index contributed by atoms with van der Waals surface area (Å²) >= 11 is 21.9. The second-order valence-corrected chi connectivity index (χ2v) is 21.5. The molecule has 0 aliphatic heterocycles. The van der Waals surface area contributed by atoms with Crippen LogP contribution in [0.3, 0.4) is 0 Å². The molecule has 216 valence electrons. The summed E-state index contributed by atoms with van der Waals surface area (Å²) in [5, 5.41) is 0. The smallest absolute Gasteiger partial charge is 0.231 e. The van der Waals surface area contributed by atoms with E-state index in [0.717, 1.165) is 5.75 Å². The first-order chi connectivity index (χ1) is 17.0. The molecule has 0 amide bonds. The van der Waals surface area contributed by atoms with Crippen LogP contribution in [-0.2, 0) is 18.9 Å². The molecule has 0 fully saturated rings. The molecular weight excluding hydrogens is 701 g/mol. The molecule has 0 spiro atoms. The van der Waals surface area contributed by atoms with Crippen molar-refractivity contribution >= 4 is 153 Å². The molecule has 37 heavy (non-hydrogen) atoms. The van der Waals surface area contributed by atoms with E-state index in [2.05, 4.69) is 13.8 Å². The van der Waals surface area contributed by atoms with E-state index in [1.807, 2.05) is 55.4 Å². The molecule has 0 radical (unpaired) electrons. The van der Waals surface area contributed by atoms with Gasteiger partial charge in [-0.15, -0.1) is 0 Å². The Morgan fingerprint density at radius 3 is 1.08 bits per heavy atom. The highest BCUT2D eigenvalue weighted by atomic mass is 33.2. The van der Waals surface area contributed by atoms with Gasteiger partial charge in [0.15, 0.2) is 0 Å². The molecule has 0 aliphatic carbocycles. The van der Waals surface area contributed by atoms with E-state index in [1.54, 1.807) is 43.2 Å². The Morgan fingerprint density at radius 2 is 0.811 bits per heavy atom. The highest BCUT2D eigenvalue weighted by Gasteiger charge is 2.50. The molecule has 0 aliphatic rings. The first kappa shape index (κ1) is 39.4. The lowest BCUT2D eigenvalue weighted by Crippen LogP contribution is -2.37. The average molecular weight is 737 g/mol. The molecule has 0 saturated carbocycles. The van der Waals surface area contributed by atoms with Crippen LogP contribution in [0.15, 0.2) is 0 Å². The van der Waals surface area contributed by atoms with Crippen molar-refractivity contribution in [3.63, 3.8) is 0 Å². The maximum absolute atomic E-state index is 5.76. The van der Waals surface area contributed by atoms with E-state index in [1.165, 1.54) is 43.2 Å². The van der Waals surface area contributed by atoms with E-state index >= 15 is 0 Å². The normalized spacial score (nSPS) is 12.3. The predicted octanol–water partition coefficient (Wildman–Crippen LogP) is 11.0. The van der Waals surface area contributed by atoms with Gasteiger partial charge in [0.25, 0.3) is 0 Å². The summed E-state index contributed by atoms with van der Waals surface area (Å²) in [5.41, 5.74) is -0.278. The molecule has 16 heteroatoms. The van der Waals surface area contributed by atoms with E-state index in [0.29, 0.717) is 17.5 Å². The Balaban J connectivity index is 5.97. The Labute approximate surface area is 277 Å². The van der Waals surface area contributed by atoms with Crippen molar-refractivity contribution < 1.29 is 18.9 Å². The van der Waals surface area contributed by atoms with Crippen molar-refractivity contribution in [2.24, 2.45) is 5.41 Å².